The number of hydrogen-bond acceptors (Lipinski definition) is 8. The molecule has 0 atom stereocenters. The van der Waals surface area contributed by atoms with Crippen LogP contribution in [0.4, 0.5) is 37.8 Å². The zero-order valence-electron chi connectivity index (χ0n) is 21.0. The van der Waals surface area contributed by atoms with Crippen LogP contribution < -0.4 is 10.5 Å². The Hall–Kier alpha value is -3.53. The molecule has 0 unspecified atom stereocenters. The number of aromatic nitrogens is 3. The molecule has 1 fully saturated rings. The monoisotopic (exact) mass is 564 g/mol. The van der Waals surface area contributed by atoms with E-state index in [2.05, 4.69) is 15.1 Å². The maximum Gasteiger partial charge on any atom is 0.423 e. The van der Waals surface area contributed by atoms with Crippen LogP contribution in [0.1, 0.15) is 30.0 Å². The van der Waals surface area contributed by atoms with E-state index in [1.807, 2.05) is 0 Å². The van der Waals surface area contributed by atoms with Crippen molar-refractivity contribution in [2.75, 3.05) is 51.4 Å². The van der Waals surface area contributed by atoms with Gasteiger partial charge in [0.15, 0.2) is 0 Å². The fourth-order valence-electron chi connectivity index (χ4n) is 3.90. The van der Waals surface area contributed by atoms with Crippen LogP contribution in [-0.2, 0) is 33.2 Å². The molecule has 0 aliphatic carbocycles. The first-order valence-electron chi connectivity index (χ1n) is 11.7. The molecule has 0 saturated carbocycles. The van der Waals surface area contributed by atoms with Gasteiger partial charge in [0, 0.05) is 50.8 Å². The van der Waals surface area contributed by atoms with Crippen molar-refractivity contribution in [3.05, 3.63) is 45.5 Å². The van der Waals surface area contributed by atoms with Crippen LogP contribution in [-0.4, -0.2) is 78.2 Å². The average molecular weight is 564 g/mol. The Labute approximate surface area is 218 Å². The summed E-state index contributed by atoms with van der Waals surface area (Å²) in [4.78, 5) is 35.2. The maximum absolute atomic E-state index is 13.1. The van der Waals surface area contributed by atoms with Crippen LogP contribution in [0.15, 0.2) is 28.2 Å². The Kier molecular flexibility index (Phi) is 9.66. The van der Waals surface area contributed by atoms with Gasteiger partial charge >= 0.3 is 12.4 Å². The predicted octanol–water partition coefficient (Wildman–Crippen LogP) is 3.20. The van der Waals surface area contributed by atoms with E-state index in [9.17, 15) is 35.9 Å². The molecule has 0 spiro atoms. The number of piperazine rings is 1. The number of ether oxygens (including phenoxy) is 2. The van der Waals surface area contributed by atoms with Crippen LogP contribution in [0.3, 0.4) is 0 Å². The fraction of sp³-hybridized carbons (Fsp3) is 0.522. The number of aromatic amines is 1. The third kappa shape index (κ3) is 7.98. The van der Waals surface area contributed by atoms with E-state index in [4.69, 9.17) is 9.47 Å². The lowest BCUT2D eigenvalue weighted by molar-refractivity contribution is -0.138. The SMILES string of the molecule is COCc1cc(C(F)(F)F)cnc1N1CCN(C(=O)CCOC/C(C)=N\c2cn[nH]c(=O)c2C(F)(F)F)CC1. The van der Waals surface area contributed by atoms with Gasteiger partial charge in [-0.15, -0.1) is 0 Å². The third-order valence-electron chi connectivity index (χ3n) is 5.70. The lowest BCUT2D eigenvalue weighted by Gasteiger charge is -2.36. The zero-order chi connectivity index (χ0) is 28.8. The molecule has 39 heavy (non-hydrogen) atoms. The molecule has 2 aromatic heterocycles. The Morgan fingerprint density at radius 2 is 1.79 bits per heavy atom. The van der Waals surface area contributed by atoms with Crippen molar-refractivity contribution in [1.82, 2.24) is 20.1 Å². The van der Waals surface area contributed by atoms with Crippen molar-refractivity contribution in [3.8, 4) is 0 Å². The van der Waals surface area contributed by atoms with Crippen LogP contribution in [0.2, 0.25) is 0 Å². The molecule has 0 aromatic carbocycles. The van der Waals surface area contributed by atoms with Gasteiger partial charge in [0.2, 0.25) is 5.91 Å². The molecule has 1 aliphatic heterocycles. The standard InChI is InChI=1S/C23H26F6N6O4/c1-14(32-17-11-31-33-21(37)19(17)23(27,28)29)12-39-8-3-18(36)34-4-6-35(7-5-34)20-15(13-38-2)9-16(10-30-20)22(24,25)26/h9-11H,3-8,12-13H2,1-2H3,(H,33,37)/b32-14-. The number of methoxy groups -OCH3 is 1. The van der Waals surface area contributed by atoms with E-state index in [-0.39, 0.29) is 43.4 Å². The van der Waals surface area contributed by atoms with E-state index in [0.29, 0.717) is 32.0 Å². The minimum absolute atomic E-state index is 0.00109. The van der Waals surface area contributed by atoms with E-state index in [0.717, 1.165) is 18.5 Å². The smallest absolute Gasteiger partial charge is 0.380 e. The zero-order valence-corrected chi connectivity index (χ0v) is 21.0. The van der Waals surface area contributed by atoms with Crippen molar-refractivity contribution in [2.24, 2.45) is 4.99 Å². The Balaban J connectivity index is 1.50. The summed E-state index contributed by atoms with van der Waals surface area (Å²) < 4.78 is 88.9. The summed E-state index contributed by atoms with van der Waals surface area (Å²) in [5.74, 6) is 0.138. The lowest BCUT2D eigenvalue weighted by atomic mass is 10.1. The van der Waals surface area contributed by atoms with Crippen LogP contribution >= 0.6 is 0 Å². The van der Waals surface area contributed by atoms with Crippen molar-refractivity contribution < 1.29 is 40.6 Å². The van der Waals surface area contributed by atoms with Gasteiger partial charge in [0.1, 0.15) is 17.1 Å². The summed E-state index contributed by atoms with van der Waals surface area (Å²) in [5, 5.41) is 5.06. The van der Waals surface area contributed by atoms with Crippen molar-refractivity contribution in [1.29, 1.82) is 0 Å². The molecule has 0 radical (unpaired) electrons. The minimum Gasteiger partial charge on any atom is -0.380 e. The molecule has 1 N–H and O–H groups in total. The number of carbonyl (C=O) groups excluding carboxylic acids is 1. The molecule has 3 rings (SSSR count). The molecule has 1 amide bonds. The number of rotatable bonds is 9. The third-order valence-corrected chi connectivity index (χ3v) is 5.70. The van der Waals surface area contributed by atoms with Crippen molar-refractivity contribution >= 4 is 23.1 Å². The van der Waals surface area contributed by atoms with E-state index in [1.54, 1.807) is 14.9 Å². The summed E-state index contributed by atoms with van der Waals surface area (Å²) in [6.45, 7) is 2.47. The second-order valence-electron chi connectivity index (χ2n) is 8.61. The molecule has 0 bridgehead atoms. The average Bonchev–Trinajstić information content (AvgIpc) is 2.85. The summed E-state index contributed by atoms with van der Waals surface area (Å²) >= 11 is 0. The number of carbonyl (C=O) groups is 1. The van der Waals surface area contributed by atoms with Gasteiger partial charge < -0.3 is 19.3 Å². The number of nitrogens with one attached hydrogen (secondary N) is 1. The number of pyridine rings is 1. The summed E-state index contributed by atoms with van der Waals surface area (Å²) in [5.41, 5.74) is -3.96. The highest BCUT2D eigenvalue weighted by Crippen LogP contribution is 2.33. The van der Waals surface area contributed by atoms with Crippen LogP contribution in [0, 0.1) is 0 Å². The molecular formula is C23H26F6N6O4. The molecule has 3 heterocycles. The normalized spacial score (nSPS) is 15.1. The first-order chi connectivity index (χ1) is 18.3. The summed E-state index contributed by atoms with van der Waals surface area (Å²) in [6, 6.07) is 1.00. The van der Waals surface area contributed by atoms with Gasteiger partial charge in [-0.25, -0.2) is 10.1 Å². The molecular weight excluding hydrogens is 538 g/mol. The summed E-state index contributed by atoms with van der Waals surface area (Å²) in [7, 11) is 1.37. The molecule has 1 saturated heterocycles. The highest BCUT2D eigenvalue weighted by atomic mass is 19.4. The van der Waals surface area contributed by atoms with Crippen LogP contribution in [0.25, 0.3) is 0 Å². The number of amides is 1. The van der Waals surface area contributed by atoms with Gasteiger partial charge in [-0.1, -0.05) is 0 Å². The maximum atomic E-state index is 13.1. The number of H-pyrrole nitrogens is 1. The largest absolute Gasteiger partial charge is 0.423 e. The quantitative estimate of drug-likeness (QED) is 0.283. The van der Waals surface area contributed by atoms with Gasteiger partial charge in [0.25, 0.3) is 5.56 Å². The number of hydrogen-bond donors (Lipinski definition) is 1. The van der Waals surface area contributed by atoms with Gasteiger partial charge in [-0.3, -0.25) is 14.6 Å². The Morgan fingerprint density at radius 1 is 1.10 bits per heavy atom. The van der Waals surface area contributed by atoms with Gasteiger partial charge in [0.05, 0.1) is 38.0 Å². The number of anilines is 1. The molecule has 214 valence electrons. The molecule has 2 aromatic rings. The van der Waals surface area contributed by atoms with Crippen molar-refractivity contribution in [3.63, 3.8) is 0 Å². The topological polar surface area (TPSA) is 113 Å². The molecule has 1 aliphatic rings. The highest BCUT2D eigenvalue weighted by molar-refractivity contribution is 5.86. The fourth-order valence-corrected chi connectivity index (χ4v) is 3.90. The molecule has 16 heteroatoms. The number of aliphatic imine (C=N–C) groups is 1. The first kappa shape index (κ1) is 30.0. The van der Waals surface area contributed by atoms with E-state index < -0.39 is 34.7 Å². The summed E-state index contributed by atoms with van der Waals surface area (Å²) in [6.07, 6.45) is -7.89. The number of alkyl halides is 6. The predicted molar refractivity (Wildman–Crippen MR) is 127 cm³/mol. The second-order valence-corrected chi connectivity index (χ2v) is 8.61. The van der Waals surface area contributed by atoms with Gasteiger partial charge in [-0.05, 0) is 13.0 Å². The Bertz CT molecular complexity index is 1240. The molecule has 10 nitrogen and oxygen atoms in total. The van der Waals surface area contributed by atoms with E-state index in [1.165, 1.54) is 14.0 Å². The van der Waals surface area contributed by atoms with E-state index >= 15 is 0 Å². The van der Waals surface area contributed by atoms with Crippen molar-refractivity contribution in [2.45, 2.75) is 32.3 Å². The van der Waals surface area contributed by atoms with Crippen LogP contribution in [0.5, 0.6) is 0 Å². The highest BCUT2D eigenvalue weighted by Gasteiger charge is 2.37. The lowest BCUT2D eigenvalue weighted by Crippen LogP contribution is -2.49. The van der Waals surface area contributed by atoms with Gasteiger partial charge in [-0.2, -0.15) is 31.4 Å². The number of nitrogens with zero attached hydrogens (tertiary/aromatic N) is 5. The minimum atomic E-state index is -4.92. The number of halogens is 6. The Morgan fingerprint density at radius 3 is 2.41 bits per heavy atom. The first-order valence-corrected chi connectivity index (χ1v) is 11.7. The second kappa shape index (κ2) is 12.5.